The first-order valence-corrected chi connectivity index (χ1v) is 5.08. The van der Waals surface area contributed by atoms with E-state index in [9.17, 15) is 0 Å². The molecule has 0 fully saturated rings. The smallest absolute Gasteiger partial charge is 0.240 e. The molecule has 0 spiro atoms. The highest BCUT2D eigenvalue weighted by Crippen LogP contribution is 2.22. The molecule has 0 aliphatic rings. The minimum absolute atomic E-state index is 0.685. The Hall–Kier alpha value is -0.920. The van der Waals surface area contributed by atoms with Gasteiger partial charge in [-0.05, 0) is 18.8 Å². The van der Waals surface area contributed by atoms with Crippen LogP contribution in [0.25, 0.3) is 0 Å². The predicted octanol–water partition coefficient (Wildman–Crippen LogP) is 2.20. The Balaban J connectivity index is 2.78. The van der Waals surface area contributed by atoms with Crippen molar-refractivity contribution in [1.82, 2.24) is 4.98 Å². The highest BCUT2D eigenvalue weighted by molar-refractivity contribution is 5.07. The first kappa shape index (κ1) is 10.2. The lowest BCUT2D eigenvalue weighted by Crippen LogP contribution is -2.28. The highest BCUT2D eigenvalue weighted by atomic mass is 15.0. The van der Waals surface area contributed by atoms with Crippen molar-refractivity contribution in [1.29, 1.82) is 0 Å². The van der Waals surface area contributed by atoms with Gasteiger partial charge >= 0.3 is 0 Å². The fourth-order valence-electron chi connectivity index (χ4n) is 1.69. The largest absolute Gasteiger partial charge is 0.285 e. The highest BCUT2D eigenvalue weighted by Gasteiger charge is 2.11. The summed E-state index contributed by atoms with van der Waals surface area (Å²) in [5.74, 6) is 0.685. The summed E-state index contributed by atoms with van der Waals surface area (Å²) in [6, 6.07) is 0. The van der Waals surface area contributed by atoms with E-state index in [0.29, 0.717) is 5.92 Å². The van der Waals surface area contributed by atoms with Crippen LogP contribution in [0.15, 0.2) is 18.7 Å². The molecule has 0 radical (unpaired) electrons. The van der Waals surface area contributed by atoms with Crippen molar-refractivity contribution in [2.24, 2.45) is 7.05 Å². The first-order chi connectivity index (χ1) is 6.27. The van der Waals surface area contributed by atoms with E-state index in [1.165, 1.54) is 24.8 Å². The van der Waals surface area contributed by atoms with E-state index in [2.05, 4.69) is 25.0 Å². The molecule has 0 aromatic carbocycles. The third-order valence-corrected chi connectivity index (χ3v) is 2.43. The second kappa shape index (κ2) is 4.95. The molecule has 1 rings (SSSR count). The molecule has 0 amide bonds. The molecule has 1 unspecified atom stereocenters. The van der Waals surface area contributed by atoms with Gasteiger partial charge in [0.2, 0.25) is 0 Å². The van der Waals surface area contributed by atoms with Crippen molar-refractivity contribution < 1.29 is 4.57 Å². The van der Waals surface area contributed by atoms with Crippen LogP contribution < -0.4 is 4.57 Å². The first-order valence-electron chi connectivity index (χ1n) is 5.08. The van der Waals surface area contributed by atoms with Crippen LogP contribution in [0.4, 0.5) is 0 Å². The lowest BCUT2D eigenvalue weighted by molar-refractivity contribution is -0.675. The summed E-state index contributed by atoms with van der Waals surface area (Å²) in [5.41, 5.74) is 1.37. The molecule has 0 aliphatic carbocycles. The van der Waals surface area contributed by atoms with Gasteiger partial charge in [-0.15, -0.1) is 0 Å². The molecule has 1 heterocycles. The SMILES string of the molecule is CCCC(CC)c1cnc[n+](C)c1. The van der Waals surface area contributed by atoms with Crippen molar-refractivity contribution in [2.45, 2.75) is 39.0 Å². The number of hydrogen-bond acceptors (Lipinski definition) is 1. The monoisotopic (exact) mass is 179 g/mol. The van der Waals surface area contributed by atoms with Gasteiger partial charge < -0.3 is 0 Å². The van der Waals surface area contributed by atoms with Crippen LogP contribution in [-0.4, -0.2) is 4.98 Å². The molecule has 13 heavy (non-hydrogen) atoms. The molecule has 0 saturated carbocycles. The minimum atomic E-state index is 0.685. The standard InChI is InChI=1S/C11H19N2/c1-4-6-10(5-2)11-7-12-9-13(3)8-11/h7-10H,4-6H2,1-3H3/q+1. The lowest BCUT2D eigenvalue weighted by Gasteiger charge is -2.11. The normalized spacial score (nSPS) is 12.8. The second-order valence-electron chi connectivity index (χ2n) is 3.58. The number of hydrogen-bond donors (Lipinski definition) is 0. The van der Waals surface area contributed by atoms with Gasteiger partial charge in [0, 0.05) is 5.56 Å². The molecule has 2 heteroatoms. The average Bonchev–Trinajstić information content (AvgIpc) is 2.14. The lowest BCUT2D eigenvalue weighted by atomic mass is 9.94. The van der Waals surface area contributed by atoms with Gasteiger partial charge in [0.25, 0.3) is 6.33 Å². The van der Waals surface area contributed by atoms with E-state index in [4.69, 9.17) is 0 Å². The van der Waals surface area contributed by atoms with Crippen LogP contribution in [-0.2, 0) is 7.05 Å². The summed E-state index contributed by atoms with van der Waals surface area (Å²) in [7, 11) is 2.02. The topological polar surface area (TPSA) is 16.8 Å². The van der Waals surface area contributed by atoms with Gasteiger partial charge in [0.15, 0.2) is 0 Å². The van der Waals surface area contributed by atoms with E-state index < -0.39 is 0 Å². The van der Waals surface area contributed by atoms with Crippen LogP contribution in [0.1, 0.15) is 44.6 Å². The van der Waals surface area contributed by atoms with Gasteiger partial charge in [0.05, 0.1) is 13.2 Å². The summed E-state index contributed by atoms with van der Waals surface area (Å²) >= 11 is 0. The molecular formula is C11H19N2+. The van der Waals surface area contributed by atoms with Crippen LogP contribution in [0.3, 0.4) is 0 Å². The van der Waals surface area contributed by atoms with Gasteiger partial charge in [0.1, 0.15) is 6.20 Å². The second-order valence-corrected chi connectivity index (χ2v) is 3.58. The maximum Gasteiger partial charge on any atom is 0.285 e. The Morgan fingerprint density at radius 3 is 2.77 bits per heavy atom. The van der Waals surface area contributed by atoms with E-state index in [1.54, 1.807) is 0 Å². The number of aromatic nitrogens is 2. The number of nitrogens with zero attached hydrogens (tertiary/aromatic N) is 2. The van der Waals surface area contributed by atoms with Crippen molar-refractivity contribution in [3.8, 4) is 0 Å². The third kappa shape index (κ3) is 2.79. The zero-order chi connectivity index (χ0) is 9.68. The zero-order valence-electron chi connectivity index (χ0n) is 8.83. The number of rotatable bonds is 4. The maximum absolute atomic E-state index is 4.20. The van der Waals surface area contributed by atoms with Gasteiger partial charge in [-0.2, -0.15) is 0 Å². The summed E-state index contributed by atoms with van der Waals surface area (Å²) in [6.45, 7) is 4.48. The molecule has 72 valence electrons. The van der Waals surface area contributed by atoms with Gasteiger partial charge in [-0.25, -0.2) is 4.57 Å². The summed E-state index contributed by atoms with van der Waals surface area (Å²) in [4.78, 5) is 4.20. The number of aryl methyl sites for hydroxylation is 1. The van der Waals surface area contributed by atoms with Crippen molar-refractivity contribution in [3.63, 3.8) is 0 Å². The molecule has 0 aliphatic heterocycles. The molecule has 0 saturated heterocycles. The minimum Gasteiger partial charge on any atom is -0.240 e. The van der Waals surface area contributed by atoms with E-state index in [0.717, 1.165) is 0 Å². The van der Waals surface area contributed by atoms with Crippen LogP contribution in [0.2, 0.25) is 0 Å². The predicted molar refractivity (Wildman–Crippen MR) is 53.4 cm³/mol. The Labute approximate surface area is 80.6 Å². The molecule has 1 aromatic rings. The van der Waals surface area contributed by atoms with Crippen LogP contribution in [0.5, 0.6) is 0 Å². The van der Waals surface area contributed by atoms with E-state index >= 15 is 0 Å². The van der Waals surface area contributed by atoms with E-state index in [-0.39, 0.29) is 0 Å². The molecular weight excluding hydrogens is 160 g/mol. The zero-order valence-corrected chi connectivity index (χ0v) is 8.83. The summed E-state index contributed by atoms with van der Waals surface area (Å²) < 4.78 is 2.02. The van der Waals surface area contributed by atoms with E-state index in [1.807, 2.05) is 24.1 Å². The molecule has 2 nitrogen and oxygen atoms in total. The molecule has 1 aromatic heterocycles. The quantitative estimate of drug-likeness (QED) is 0.647. The third-order valence-electron chi connectivity index (χ3n) is 2.43. The fourth-order valence-corrected chi connectivity index (χ4v) is 1.69. The Morgan fingerprint density at radius 1 is 1.46 bits per heavy atom. The van der Waals surface area contributed by atoms with Gasteiger partial charge in [-0.1, -0.05) is 25.3 Å². The van der Waals surface area contributed by atoms with Gasteiger partial charge in [-0.3, -0.25) is 0 Å². The fraction of sp³-hybridized carbons (Fsp3) is 0.636. The summed E-state index contributed by atoms with van der Waals surface area (Å²) in [6.07, 6.45) is 9.72. The molecule has 0 N–H and O–H groups in total. The Morgan fingerprint density at radius 2 is 2.23 bits per heavy atom. The van der Waals surface area contributed by atoms with Crippen molar-refractivity contribution >= 4 is 0 Å². The molecule has 1 atom stereocenters. The molecule has 0 bridgehead atoms. The van der Waals surface area contributed by atoms with Crippen LogP contribution in [0, 0.1) is 0 Å². The average molecular weight is 179 g/mol. The summed E-state index contributed by atoms with van der Waals surface area (Å²) in [5, 5.41) is 0. The Bertz CT molecular complexity index is 258. The van der Waals surface area contributed by atoms with Crippen molar-refractivity contribution in [2.75, 3.05) is 0 Å². The maximum atomic E-state index is 4.20. The Kier molecular flexibility index (Phi) is 3.87. The van der Waals surface area contributed by atoms with Crippen LogP contribution >= 0.6 is 0 Å². The van der Waals surface area contributed by atoms with Crippen molar-refractivity contribution in [3.05, 3.63) is 24.3 Å².